The summed E-state index contributed by atoms with van der Waals surface area (Å²) < 4.78 is 6.85. The molecule has 2 fully saturated rings. The zero-order chi connectivity index (χ0) is 33.2. The van der Waals surface area contributed by atoms with E-state index >= 15 is 0 Å². The Morgan fingerprint density at radius 2 is 1.28 bits per heavy atom. The number of hydrogen-bond donors (Lipinski definition) is 0. The van der Waals surface area contributed by atoms with E-state index in [-0.39, 0.29) is 28.7 Å². The van der Waals surface area contributed by atoms with Crippen molar-refractivity contribution in [2.75, 3.05) is 6.61 Å². The Morgan fingerprint density at radius 1 is 0.681 bits per heavy atom. The lowest BCUT2D eigenvalue weighted by molar-refractivity contribution is -0.187. The number of amides is 4. The summed E-state index contributed by atoms with van der Waals surface area (Å²) in [4.78, 5) is 61.0. The van der Waals surface area contributed by atoms with Gasteiger partial charge in [-0.2, -0.15) is 0 Å². The van der Waals surface area contributed by atoms with Crippen LogP contribution in [-0.4, -0.2) is 71.4 Å². The third-order valence-electron chi connectivity index (χ3n) is 10.6. The maximum absolute atomic E-state index is 14.8. The molecule has 3 heterocycles. The molecule has 240 valence electrons. The second kappa shape index (κ2) is 11.3. The van der Waals surface area contributed by atoms with Crippen LogP contribution in [0.15, 0.2) is 97.1 Å². The average molecular weight is 646 g/mol. The van der Waals surface area contributed by atoms with Crippen molar-refractivity contribution in [2.24, 2.45) is 0 Å². The molecule has 3 aliphatic heterocycles. The van der Waals surface area contributed by atoms with Crippen LogP contribution in [-0.2, 0) is 20.6 Å². The minimum absolute atomic E-state index is 0.0729. The number of imide groups is 1. The highest BCUT2D eigenvalue weighted by Gasteiger charge is 2.66. The highest BCUT2D eigenvalue weighted by molar-refractivity contribution is 6.74. The van der Waals surface area contributed by atoms with E-state index in [1.165, 1.54) is 0 Å². The molecule has 0 unspecified atom stereocenters. The Morgan fingerprint density at radius 3 is 1.94 bits per heavy atom. The fraction of sp³-hybridized carbons (Fsp3) is 0.316. The van der Waals surface area contributed by atoms with Crippen molar-refractivity contribution < 1.29 is 23.6 Å². The monoisotopic (exact) mass is 645 g/mol. The van der Waals surface area contributed by atoms with Gasteiger partial charge in [-0.3, -0.25) is 24.1 Å². The van der Waals surface area contributed by atoms with Crippen LogP contribution < -0.4 is 0 Å². The molecule has 3 aliphatic rings. The van der Waals surface area contributed by atoms with E-state index in [9.17, 15) is 19.2 Å². The fourth-order valence-electron chi connectivity index (χ4n) is 6.99. The number of benzene rings is 4. The van der Waals surface area contributed by atoms with Crippen LogP contribution in [0.2, 0.25) is 18.1 Å². The first-order chi connectivity index (χ1) is 22.4. The number of carbonyl (C=O) groups is 4. The summed E-state index contributed by atoms with van der Waals surface area (Å²) >= 11 is 0. The number of fused-ring (bicyclic) bond motifs is 3. The molecule has 2 saturated heterocycles. The summed E-state index contributed by atoms with van der Waals surface area (Å²) in [6.45, 7) is 11.4. The van der Waals surface area contributed by atoms with Crippen molar-refractivity contribution in [3.05, 3.63) is 119 Å². The lowest BCUT2D eigenvalue weighted by Gasteiger charge is -2.60. The van der Waals surface area contributed by atoms with Gasteiger partial charge >= 0.3 is 0 Å². The summed E-state index contributed by atoms with van der Waals surface area (Å²) in [5, 5.41) is 1.92. The molecule has 4 atom stereocenters. The first kappa shape index (κ1) is 31.0. The number of carbonyl (C=O) groups excluding carboxylic acids is 4. The molecule has 7 rings (SSSR count). The number of nitrogens with zero attached hydrogens (tertiary/aromatic N) is 3. The number of β-lactam (4-membered cyclic amide) rings is 1. The Kier molecular flexibility index (Phi) is 7.44. The second-order valence-electron chi connectivity index (χ2n) is 14.3. The van der Waals surface area contributed by atoms with E-state index < -0.39 is 50.2 Å². The molecule has 8 nitrogen and oxygen atoms in total. The normalized spacial score (nSPS) is 22.9. The van der Waals surface area contributed by atoms with Crippen molar-refractivity contribution >= 4 is 42.7 Å². The Balaban J connectivity index is 1.37. The predicted octanol–water partition coefficient (Wildman–Crippen LogP) is 6.19. The van der Waals surface area contributed by atoms with Crippen LogP contribution in [0.25, 0.3) is 10.8 Å². The minimum atomic E-state index is -2.28. The summed E-state index contributed by atoms with van der Waals surface area (Å²) in [5.41, 5.74) is 2.33. The topological polar surface area (TPSA) is 87.2 Å². The molecular weight excluding hydrogens is 607 g/mol. The highest BCUT2D eigenvalue weighted by Crippen LogP contribution is 2.47. The van der Waals surface area contributed by atoms with E-state index in [0.29, 0.717) is 6.54 Å². The van der Waals surface area contributed by atoms with E-state index in [0.717, 1.165) is 26.8 Å². The molecule has 4 aromatic carbocycles. The van der Waals surface area contributed by atoms with Gasteiger partial charge in [-0.05, 0) is 52.2 Å². The van der Waals surface area contributed by atoms with E-state index in [2.05, 4.69) is 33.9 Å². The van der Waals surface area contributed by atoms with Gasteiger partial charge in [-0.1, -0.05) is 106 Å². The van der Waals surface area contributed by atoms with Gasteiger partial charge in [0.1, 0.15) is 12.1 Å². The van der Waals surface area contributed by atoms with E-state index in [1.54, 1.807) is 29.2 Å². The molecule has 4 aromatic rings. The SMILES string of the molecule is CC(C)(C)[Si](C)(C)OC[C@@H]1[C@@H](c2cccc3ccccc23)N2C(=O)[C@@H](N3C(=O)c4ccccc4C3=O)[C@@H]2C(=O)N1Cc1ccccc1. The van der Waals surface area contributed by atoms with Crippen molar-refractivity contribution in [3.63, 3.8) is 0 Å². The smallest absolute Gasteiger partial charge is 0.262 e. The molecule has 47 heavy (non-hydrogen) atoms. The summed E-state index contributed by atoms with van der Waals surface area (Å²) in [5.74, 6) is -1.80. The number of hydrogen-bond acceptors (Lipinski definition) is 5. The van der Waals surface area contributed by atoms with Crippen molar-refractivity contribution in [1.29, 1.82) is 0 Å². The first-order valence-electron chi connectivity index (χ1n) is 16.2. The third kappa shape index (κ3) is 4.91. The van der Waals surface area contributed by atoms with Crippen molar-refractivity contribution in [3.8, 4) is 0 Å². The van der Waals surface area contributed by atoms with Gasteiger partial charge in [-0.15, -0.1) is 0 Å². The van der Waals surface area contributed by atoms with Crippen LogP contribution in [0.4, 0.5) is 0 Å². The molecule has 0 bridgehead atoms. The molecular formula is C38H39N3O5Si. The predicted molar refractivity (Wildman–Crippen MR) is 182 cm³/mol. The van der Waals surface area contributed by atoms with Gasteiger partial charge in [0.15, 0.2) is 8.32 Å². The molecule has 0 radical (unpaired) electrons. The lowest BCUT2D eigenvalue weighted by atomic mass is 9.79. The van der Waals surface area contributed by atoms with Crippen molar-refractivity contribution in [2.45, 2.75) is 69.6 Å². The average Bonchev–Trinajstić information content (AvgIpc) is 3.30. The van der Waals surface area contributed by atoms with Gasteiger partial charge in [0.25, 0.3) is 11.8 Å². The molecule has 0 aromatic heterocycles. The zero-order valence-corrected chi connectivity index (χ0v) is 28.3. The van der Waals surface area contributed by atoms with Gasteiger partial charge < -0.3 is 14.2 Å². The van der Waals surface area contributed by atoms with Crippen molar-refractivity contribution in [1.82, 2.24) is 14.7 Å². The fourth-order valence-corrected chi connectivity index (χ4v) is 8.01. The van der Waals surface area contributed by atoms with Gasteiger partial charge in [-0.25, -0.2) is 0 Å². The summed E-state index contributed by atoms with van der Waals surface area (Å²) in [7, 11) is -2.28. The standard InChI is InChI=1S/C38H39N3O5Si/c1-38(2,3)47(4,5)46-23-30-31(27-21-13-17-25-16-9-10-18-26(25)27)40-32(36(44)39(30)22-24-14-7-6-8-15-24)33(37(40)45)41-34(42)28-19-11-12-20-29(28)35(41)43/h6-21,30-33H,22-23H2,1-5H3/t30-,31-,32-,33+/m1/s1. The zero-order valence-electron chi connectivity index (χ0n) is 27.3. The molecule has 4 amide bonds. The Labute approximate surface area is 276 Å². The summed E-state index contributed by atoms with van der Waals surface area (Å²) in [6.07, 6.45) is 0. The molecule has 9 heteroatoms. The van der Waals surface area contributed by atoms with Gasteiger partial charge in [0.05, 0.1) is 29.8 Å². The molecule has 0 aliphatic carbocycles. The van der Waals surface area contributed by atoms with Crippen LogP contribution in [0.1, 0.15) is 58.7 Å². The molecule has 0 N–H and O–H groups in total. The van der Waals surface area contributed by atoms with Crippen LogP contribution in [0, 0.1) is 0 Å². The van der Waals surface area contributed by atoms with E-state index in [1.807, 2.05) is 77.7 Å². The van der Waals surface area contributed by atoms with Crippen LogP contribution >= 0.6 is 0 Å². The summed E-state index contributed by atoms with van der Waals surface area (Å²) in [6, 6.07) is 27.0. The quantitative estimate of drug-likeness (QED) is 0.136. The van der Waals surface area contributed by atoms with Gasteiger partial charge in [0, 0.05) is 6.54 Å². The highest BCUT2D eigenvalue weighted by atomic mass is 28.4. The molecule has 0 spiro atoms. The first-order valence-corrected chi connectivity index (χ1v) is 19.1. The Hall–Kier alpha value is -4.60. The minimum Gasteiger partial charge on any atom is -0.415 e. The van der Waals surface area contributed by atoms with Crippen LogP contribution in [0.5, 0.6) is 0 Å². The largest absolute Gasteiger partial charge is 0.415 e. The van der Waals surface area contributed by atoms with E-state index in [4.69, 9.17) is 4.43 Å². The third-order valence-corrected chi connectivity index (χ3v) is 15.1. The van der Waals surface area contributed by atoms with Gasteiger partial charge in [0.2, 0.25) is 11.8 Å². The maximum Gasteiger partial charge on any atom is 0.262 e. The lowest BCUT2D eigenvalue weighted by Crippen LogP contribution is -2.81. The number of rotatable bonds is 7. The maximum atomic E-state index is 14.8. The van der Waals surface area contributed by atoms with Crippen LogP contribution in [0.3, 0.4) is 0 Å². The second-order valence-corrected chi connectivity index (χ2v) is 19.1. The molecule has 0 saturated carbocycles. The number of piperazine rings is 1. The Bertz CT molecular complexity index is 1880.